The van der Waals surface area contributed by atoms with Gasteiger partial charge in [-0.2, -0.15) is 0 Å². The first-order valence-electron chi connectivity index (χ1n) is 2.06. The first kappa shape index (κ1) is 6.67. The average Bonchev–Trinajstić information content (AvgIpc) is 1.68. The van der Waals surface area contributed by atoms with E-state index in [1.807, 2.05) is 0 Å². The second-order valence-electron chi connectivity index (χ2n) is 1.17. The quantitative estimate of drug-likeness (QED) is 0.173. The van der Waals surface area contributed by atoms with Gasteiger partial charge < -0.3 is 5.73 Å². The lowest BCUT2D eigenvalue weighted by atomic mass is 10.4. The van der Waals surface area contributed by atoms with Crippen molar-refractivity contribution in [2.75, 3.05) is 0 Å². The Kier molecular flexibility index (Phi) is 3.21. The molecule has 0 bridgehead atoms. The number of hydrogen-bond donors (Lipinski definition) is 1. The number of hydrogen-bond acceptors (Lipinski definition) is 2. The van der Waals surface area contributed by atoms with Crippen LogP contribution in [0.1, 0.15) is 6.92 Å². The molecule has 0 aliphatic rings. The molecule has 0 aliphatic carbocycles. The molecule has 1 atom stereocenters. The molecule has 0 aromatic rings. The Morgan fingerprint density at radius 3 is 2.88 bits per heavy atom. The van der Waals surface area contributed by atoms with Crippen LogP contribution in [0.2, 0.25) is 0 Å². The summed E-state index contributed by atoms with van der Waals surface area (Å²) in [6.07, 6.45) is 0. The van der Waals surface area contributed by atoms with Crippen LogP contribution in [0, 0.1) is 12.0 Å². The van der Waals surface area contributed by atoms with Gasteiger partial charge in [0.25, 0.3) is 0 Å². The highest BCUT2D eigenvalue weighted by Crippen LogP contribution is 1.83. The van der Waals surface area contributed by atoms with Crippen molar-refractivity contribution in [2.24, 2.45) is 10.8 Å². The second kappa shape index (κ2) is 3.85. The number of nitrogens with zero attached hydrogens (tertiary/aromatic N) is 3. The van der Waals surface area contributed by atoms with Crippen molar-refractivity contribution in [1.82, 2.24) is 0 Å². The molecule has 0 fully saturated rings. The number of rotatable bonds is 1. The van der Waals surface area contributed by atoms with Gasteiger partial charge in [0.1, 0.15) is 0 Å². The maximum absolute atomic E-state index is 7.81. The summed E-state index contributed by atoms with van der Waals surface area (Å²) in [6, 6.07) is 1.82. The van der Waals surface area contributed by atoms with E-state index in [0.717, 1.165) is 0 Å². The van der Waals surface area contributed by atoms with Crippen LogP contribution in [-0.2, 0) is 0 Å². The van der Waals surface area contributed by atoms with Crippen LogP contribution in [0.3, 0.4) is 0 Å². The zero-order valence-corrected chi connectivity index (χ0v) is 4.50. The van der Waals surface area contributed by atoms with Crippen molar-refractivity contribution in [3.63, 3.8) is 0 Å². The molecule has 0 aromatic carbocycles. The first-order valence-corrected chi connectivity index (χ1v) is 2.06. The first-order chi connectivity index (χ1) is 3.81. The van der Waals surface area contributed by atoms with Gasteiger partial charge in [0.2, 0.25) is 0 Å². The molecular formula is C4H6N4. The summed E-state index contributed by atoms with van der Waals surface area (Å²) < 4.78 is 0. The van der Waals surface area contributed by atoms with E-state index in [1.54, 1.807) is 6.92 Å². The summed E-state index contributed by atoms with van der Waals surface area (Å²) in [5, 5.41) is 3.24. The highest BCUT2D eigenvalue weighted by atomic mass is 15.1. The van der Waals surface area contributed by atoms with Crippen LogP contribution >= 0.6 is 0 Å². The molecule has 42 valence electrons. The van der Waals surface area contributed by atoms with E-state index in [2.05, 4.69) is 22.0 Å². The maximum atomic E-state index is 7.81. The average molecular weight is 110 g/mol. The highest BCUT2D eigenvalue weighted by Gasteiger charge is 1.85. The number of azide groups is 1. The Bertz CT molecular complexity index is 157. The van der Waals surface area contributed by atoms with Gasteiger partial charge >= 0.3 is 0 Å². The standard InChI is InChI=1S/C4H6N4/c1-4(2-3-5)7-8-6/h4H,5H2,1H3. The largest absolute Gasteiger partial charge is 0.359 e. The fourth-order valence-corrected chi connectivity index (χ4v) is 0.227. The molecule has 1 unspecified atom stereocenters. The van der Waals surface area contributed by atoms with Gasteiger partial charge in [0, 0.05) is 11.0 Å². The molecule has 4 nitrogen and oxygen atoms in total. The van der Waals surface area contributed by atoms with E-state index in [9.17, 15) is 0 Å². The molecule has 0 rings (SSSR count). The van der Waals surface area contributed by atoms with Crippen LogP contribution in [0.5, 0.6) is 0 Å². The van der Waals surface area contributed by atoms with Gasteiger partial charge in [-0.05, 0) is 12.5 Å². The smallest absolute Gasteiger partial charge is 0.0978 e. The summed E-state index contributed by atoms with van der Waals surface area (Å²) in [5.74, 6) is 2.45. The van der Waals surface area contributed by atoms with E-state index in [0.29, 0.717) is 0 Å². The lowest BCUT2D eigenvalue weighted by Gasteiger charge is -1.83. The van der Waals surface area contributed by atoms with E-state index >= 15 is 0 Å². The molecule has 0 saturated heterocycles. The van der Waals surface area contributed by atoms with Gasteiger partial charge in [-0.1, -0.05) is 11.0 Å². The Hall–Kier alpha value is -1.33. The van der Waals surface area contributed by atoms with E-state index in [-0.39, 0.29) is 6.04 Å². The summed E-state index contributed by atoms with van der Waals surface area (Å²) in [6.45, 7) is 1.67. The molecule has 0 spiro atoms. The Morgan fingerprint density at radius 2 is 2.50 bits per heavy atom. The normalized spacial score (nSPS) is 10.1. The van der Waals surface area contributed by atoms with Crippen molar-refractivity contribution < 1.29 is 0 Å². The SMILES string of the molecule is CC(C#CN)N=[N+]=[N-]. The van der Waals surface area contributed by atoms with Crippen molar-refractivity contribution in [3.8, 4) is 12.0 Å². The second-order valence-corrected chi connectivity index (χ2v) is 1.17. The van der Waals surface area contributed by atoms with Crippen LogP contribution in [0.25, 0.3) is 10.4 Å². The molecule has 8 heavy (non-hydrogen) atoms. The van der Waals surface area contributed by atoms with Crippen molar-refractivity contribution in [3.05, 3.63) is 10.4 Å². The van der Waals surface area contributed by atoms with Gasteiger partial charge in [-0.25, -0.2) is 0 Å². The fourth-order valence-electron chi connectivity index (χ4n) is 0.227. The molecule has 0 radical (unpaired) electrons. The molecule has 0 heterocycles. The summed E-state index contributed by atoms with van der Waals surface area (Å²) in [5.41, 5.74) is 12.6. The molecule has 4 heteroatoms. The predicted molar refractivity (Wildman–Crippen MR) is 30.6 cm³/mol. The maximum Gasteiger partial charge on any atom is 0.0978 e. The zero-order valence-electron chi connectivity index (χ0n) is 4.50. The molecule has 0 amide bonds. The minimum atomic E-state index is -0.315. The van der Waals surface area contributed by atoms with E-state index in [4.69, 9.17) is 11.3 Å². The predicted octanol–water partition coefficient (Wildman–Crippen LogP) is 0.605. The van der Waals surface area contributed by atoms with Gasteiger partial charge in [-0.3, -0.25) is 0 Å². The minimum Gasteiger partial charge on any atom is -0.359 e. The van der Waals surface area contributed by atoms with Crippen LogP contribution in [0.4, 0.5) is 0 Å². The third-order valence-electron chi connectivity index (χ3n) is 0.517. The van der Waals surface area contributed by atoms with Crippen molar-refractivity contribution >= 4 is 0 Å². The Balaban J connectivity index is 3.76. The molecule has 0 saturated carbocycles. The summed E-state index contributed by atoms with van der Waals surface area (Å²) >= 11 is 0. The summed E-state index contributed by atoms with van der Waals surface area (Å²) in [7, 11) is 0. The molecule has 0 aromatic heterocycles. The highest BCUT2D eigenvalue weighted by molar-refractivity contribution is 5.02. The van der Waals surface area contributed by atoms with Gasteiger partial charge in [0.15, 0.2) is 0 Å². The van der Waals surface area contributed by atoms with Crippen LogP contribution < -0.4 is 5.73 Å². The van der Waals surface area contributed by atoms with Crippen LogP contribution in [-0.4, -0.2) is 6.04 Å². The topological polar surface area (TPSA) is 74.8 Å². The molecule has 2 N–H and O–H groups in total. The van der Waals surface area contributed by atoms with E-state index < -0.39 is 0 Å². The third kappa shape index (κ3) is 2.88. The van der Waals surface area contributed by atoms with E-state index in [1.165, 1.54) is 0 Å². The van der Waals surface area contributed by atoms with Crippen molar-refractivity contribution in [2.45, 2.75) is 13.0 Å². The Labute approximate surface area is 47.3 Å². The lowest BCUT2D eigenvalue weighted by Crippen LogP contribution is -1.91. The molecular weight excluding hydrogens is 104 g/mol. The van der Waals surface area contributed by atoms with Crippen LogP contribution in [0.15, 0.2) is 5.11 Å². The summed E-state index contributed by atoms with van der Waals surface area (Å²) in [4.78, 5) is 2.52. The molecule has 0 aliphatic heterocycles. The lowest BCUT2D eigenvalue weighted by molar-refractivity contribution is 0.941. The van der Waals surface area contributed by atoms with Gasteiger partial charge in [-0.15, -0.1) is 0 Å². The Morgan fingerprint density at radius 1 is 1.88 bits per heavy atom. The third-order valence-corrected chi connectivity index (χ3v) is 0.517. The van der Waals surface area contributed by atoms with Crippen molar-refractivity contribution in [1.29, 1.82) is 0 Å². The monoisotopic (exact) mass is 110 g/mol. The van der Waals surface area contributed by atoms with Gasteiger partial charge in [0.05, 0.1) is 6.04 Å². The minimum absolute atomic E-state index is 0.315. The number of nitrogens with two attached hydrogens (primary N) is 1. The fraction of sp³-hybridized carbons (Fsp3) is 0.500. The zero-order chi connectivity index (χ0) is 6.41.